The monoisotopic (exact) mass is 482 g/mol. The number of hydrogen-bond donors (Lipinski definition) is 0. The van der Waals surface area contributed by atoms with Crippen LogP contribution in [0.5, 0.6) is 5.75 Å². The van der Waals surface area contributed by atoms with Gasteiger partial charge in [0.2, 0.25) is 0 Å². The van der Waals surface area contributed by atoms with Crippen molar-refractivity contribution in [2.45, 2.75) is 25.7 Å². The zero-order chi connectivity index (χ0) is 23.7. The van der Waals surface area contributed by atoms with Crippen LogP contribution in [0.15, 0.2) is 60.1 Å². The van der Waals surface area contributed by atoms with E-state index in [4.69, 9.17) is 9.72 Å². The molecule has 5 nitrogen and oxygen atoms in total. The molecular formula is C25H21F3N4OS. The van der Waals surface area contributed by atoms with Gasteiger partial charge >= 0.3 is 6.18 Å². The Kier molecular flexibility index (Phi) is 6.05. The lowest BCUT2D eigenvalue weighted by Gasteiger charge is -2.27. The van der Waals surface area contributed by atoms with E-state index < -0.39 is 11.7 Å². The van der Waals surface area contributed by atoms with Crippen molar-refractivity contribution in [3.05, 3.63) is 81.9 Å². The van der Waals surface area contributed by atoms with Gasteiger partial charge in [-0.15, -0.1) is 11.3 Å². The minimum absolute atomic E-state index is 0.449. The quantitative estimate of drug-likeness (QED) is 0.357. The van der Waals surface area contributed by atoms with Gasteiger partial charge in [0, 0.05) is 47.8 Å². The number of hydrogen-bond acceptors (Lipinski definition) is 6. The second kappa shape index (κ2) is 9.15. The van der Waals surface area contributed by atoms with Gasteiger partial charge in [-0.25, -0.2) is 15.0 Å². The van der Waals surface area contributed by atoms with Crippen molar-refractivity contribution in [1.82, 2.24) is 19.9 Å². The molecule has 0 spiro atoms. The number of halogens is 3. The van der Waals surface area contributed by atoms with Crippen molar-refractivity contribution < 1.29 is 17.9 Å². The van der Waals surface area contributed by atoms with Gasteiger partial charge in [0.25, 0.3) is 0 Å². The van der Waals surface area contributed by atoms with E-state index in [1.54, 1.807) is 24.6 Å². The van der Waals surface area contributed by atoms with Crippen LogP contribution in [0, 0.1) is 0 Å². The summed E-state index contributed by atoms with van der Waals surface area (Å²) in [5, 5.41) is 3.10. The fourth-order valence-corrected chi connectivity index (χ4v) is 4.77. The van der Waals surface area contributed by atoms with Gasteiger partial charge in [0.05, 0.1) is 30.6 Å². The second-order valence-electron chi connectivity index (χ2n) is 8.06. The molecule has 0 atom stereocenters. The lowest BCUT2D eigenvalue weighted by molar-refractivity contribution is -0.137. The van der Waals surface area contributed by atoms with Crippen LogP contribution in [0.2, 0.25) is 0 Å². The zero-order valence-corrected chi connectivity index (χ0v) is 19.2. The Labute approximate surface area is 198 Å². The topological polar surface area (TPSA) is 51.1 Å². The average molecular weight is 483 g/mol. The van der Waals surface area contributed by atoms with E-state index in [2.05, 4.69) is 20.2 Å². The summed E-state index contributed by atoms with van der Waals surface area (Å²) in [5.41, 5.74) is 3.88. The van der Waals surface area contributed by atoms with Crippen LogP contribution >= 0.6 is 11.3 Å². The fourth-order valence-electron chi connectivity index (χ4n) is 3.93. The molecule has 1 aliphatic rings. The van der Waals surface area contributed by atoms with Gasteiger partial charge in [0.15, 0.2) is 5.82 Å². The fraction of sp³-hybridized carbons (Fsp3) is 0.240. The van der Waals surface area contributed by atoms with Crippen LogP contribution in [0.1, 0.15) is 21.8 Å². The molecule has 4 aromatic rings. The Hall–Kier alpha value is -3.30. The maximum Gasteiger partial charge on any atom is 0.416 e. The summed E-state index contributed by atoms with van der Waals surface area (Å²) in [6.45, 7) is 2.27. The molecule has 0 unspecified atom stereocenters. The number of ether oxygens (including phenoxy) is 1. The molecule has 34 heavy (non-hydrogen) atoms. The molecule has 0 amide bonds. The predicted octanol–water partition coefficient (Wildman–Crippen LogP) is 5.85. The van der Waals surface area contributed by atoms with E-state index in [0.717, 1.165) is 64.9 Å². The molecule has 0 saturated heterocycles. The summed E-state index contributed by atoms with van der Waals surface area (Å²) < 4.78 is 43.6. The van der Waals surface area contributed by atoms with Crippen LogP contribution in [-0.4, -0.2) is 33.5 Å². The summed E-state index contributed by atoms with van der Waals surface area (Å²) in [6.07, 6.45) is -1.82. The molecule has 3 heterocycles. The Morgan fingerprint density at radius 2 is 1.74 bits per heavy atom. The first kappa shape index (κ1) is 22.5. The van der Waals surface area contributed by atoms with Crippen LogP contribution in [0.3, 0.4) is 0 Å². The highest BCUT2D eigenvalue weighted by molar-refractivity contribution is 7.09. The third-order valence-corrected chi connectivity index (χ3v) is 6.61. The molecule has 2 aromatic heterocycles. The largest absolute Gasteiger partial charge is 0.497 e. The Morgan fingerprint density at radius 3 is 2.44 bits per heavy atom. The molecule has 0 radical (unpaired) electrons. The molecule has 1 aliphatic heterocycles. The number of rotatable bonds is 5. The van der Waals surface area contributed by atoms with E-state index >= 15 is 0 Å². The third kappa shape index (κ3) is 4.80. The van der Waals surface area contributed by atoms with E-state index in [0.29, 0.717) is 17.9 Å². The van der Waals surface area contributed by atoms with Gasteiger partial charge in [0.1, 0.15) is 10.8 Å². The first-order valence-electron chi connectivity index (χ1n) is 10.7. The molecule has 5 rings (SSSR count). The van der Waals surface area contributed by atoms with E-state index in [1.807, 2.05) is 24.3 Å². The van der Waals surface area contributed by atoms with E-state index in [-0.39, 0.29) is 0 Å². The van der Waals surface area contributed by atoms with Crippen molar-refractivity contribution >= 4 is 11.3 Å². The molecule has 0 N–H and O–H groups in total. The molecule has 0 bridgehead atoms. The highest BCUT2D eigenvalue weighted by Crippen LogP contribution is 2.31. The highest BCUT2D eigenvalue weighted by Gasteiger charge is 2.30. The van der Waals surface area contributed by atoms with Crippen molar-refractivity contribution in [2.75, 3.05) is 13.7 Å². The number of aromatic nitrogens is 3. The summed E-state index contributed by atoms with van der Waals surface area (Å²) in [5.74, 6) is 1.26. The summed E-state index contributed by atoms with van der Waals surface area (Å²) in [7, 11) is 1.65. The number of methoxy groups -OCH3 is 1. The maximum absolute atomic E-state index is 12.8. The summed E-state index contributed by atoms with van der Waals surface area (Å²) in [4.78, 5) is 16.1. The minimum Gasteiger partial charge on any atom is -0.497 e. The normalized spacial score (nSPS) is 14.1. The highest BCUT2D eigenvalue weighted by atomic mass is 32.1. The van der Waals surface area contributed by atoms with Gasteiger partial charge in [-0.05, 0) is 36.4 Å². The Bertz CT molecular complexity index is 1290. The van der Waals surface area contributed by atoms with Crippen molar-refractivity contribution in [3.63, 3.8) is 0 Å². The third-order valence-electron chi connectivity index (χ3n) is 5.78. The van der Waals surface area contributed by atoms with Crippen LogP contribution in [-0.2, 0) is 25.7 Å². The first-order valence-corrected chi connectivity index (χ1v) is 11.6. The van der Waals surface area contributed by atoms with E-state index in [9.17, 15) is 13.2 Å². The van der Waals surface area contributed by atoms with Gasteiger partial charge in [-0.2, -0.15) is 13.2 Å². The van der Waals surface area contributed by atoms with Crippen LogP contribution in [0.4, 0.5) is 13.2 Å². The standard InChI is InChI=1S/C25H21F3N4OS/c1-33-20-8-4-16(5-9-20)22-15-34-23(30-22)14-32-11-10-21-18(13-32)12-29-24(31-21)17-2-6-19(7-3-17)25(26,27)28/h2-9,12,15H,10-11,13-14H2,1H3. The molecule has 0 saturated carbocycles. The molecule has 0 aliphatic carbocycles. The number of thiazole rings is 1. The van der Waals surface area contributed by atoms with Crippen LogP contribution < -0.4 is 4.74 Å². The zero-order valence-electron chi connectivity index (χ0n) is 18.3. The molecule has 0 fully saturated rings. The second-order valence-corrected chi connectivity index (χ2v) is 9.00. The van der Waals surface area contributed by atoms with Crippen molar-refractivity contribution in [3.8, 4) is 28.4 Å². The number of fused-ring (bicyclic) bond motifs is 1. The Balaban J connectivity index is 1.25. The Morgan fingerprint density at radius 1 is 1.00 bits per heavy atom. The van der Waals surface area contributed by atoms with Crippen LogP contribution in [0.25, 0.3) is 22.6 Å². The lowest BCUT2D eigenvalue weighted by Crippen LogP contribution is -2.30. The molecule has 9 heteroatoms. The minimum atomic E-state index is -4.36. The predicted molar refractivity (Wildman–Crippen MR) is 124 cm³/mol. The number of benzene rings is 2. The van der Waals surface area contributed by atoms with E-state index in [1.165, 1.54) is 12.1 Å². The van der Waals surface area contributed by atoms with Crippen molar-refractivity contribution in [2.24, 2.45) is 0 Å². The van der Waals surface area contributed by atoms with Crippen molar-refractivity contribution in [1.29, 1.82) is 0 Å². The number of alkyl halides is 3. The molecule has 2 aromatic carbocycles. The summed E-state index contributed by atoms with van der Waals surface area (Å²) >= 11 is 1.64. The first-order chi connectivity index (χ1) is 16.4. The van der Waals surface area contributed by atoms with Gasteiger partial charge in [-0.3, -0.25) is 4.90 Å². The smallest absolute Gasteiger partial charge is 0.416 e. The average Bonchev–Trinajstić information content (AvgIpc) is 3.32. The lowest BCUT2D eigenvalue weighted by atomic mass is 10.1. The molecular weight excluding hydrogens is 461 g/mol. The van der Waals surface area contributed by atoms with Gasteiger partial charge < -0.3 is 4.74 Å². The summed E-state index contributed by atoms with van der Waals surface area (Å²) in [6, 6.07) is 12.8. The number of nitrogens with zero attached hydrogens (tertiary/aromatic N) is 4. The maximum atomic E-state index is 12.8. The molecule has 174 valence electrons. The van der Waals surface area contributed by atoms with Gasteiger partial charge in [-0.1, -0.05) is 12.1 Å². The SMILES string of the molecule is COc1ccc(-c2csc(CN3CCc4nc(-c5ccc(C(F)(F)F)cc5)ncc4C3)n2)cc1.